The quantitative estimate of drug-likeness (QED) is 0.628. The second kappa shape index (κ2) is 8.65. The lowest BCUT2D eigenvalue weighted by atomic mass is 10.1. The number of aliphatic imine (C=N–C) groups is 1. The number of hydrogen-bond acceptors (Lipinski definition) is 6. The van der Waals surface area contributed by atoms with Crippen LogP contribution in [0.4, 0.5) is 11.4 Å². The van der Waals surface area contributed by atoms with Gasteiger partial charge in [0, 0.05) is 38.6 Å². The highest BCUT2D eigenvalue weighted by atomic mass is 16.2. The lowest BCUT2D eigenvalue weighted by Gasteiger charge is -2.21. The smallest absolute Gasteiger partial charge is 0.272 e. The Morgan fingerprint density at radius 2 is 1.88 bits per heavy atom. The average Bonchev–Trinajstić information content (AvgIpc) is 3.42. The number of fused-ring (bicyclic) bond motifs is 1. The van der Waals surface area contributed by atoms with Gasteiger partial charge < -0.3 is 10.2 Å². The molecule has 1 aromatic carbocycles. The van der Waals surface area contributed by atoms with E-state index in [0.29, 0.717) is 34.3 Å². The molecular weight excluding hydrogens is 416 g/mol. The maximum absolute atomic E-state index is 12.8. The Morgan fingerprint density at radius 1 is 1.15 bits per heavy atom. The summed E-state index contributed by atoms with van der Waals surface area (Å²) in [4.78, 5) is 24.8. The number of imidazole rings is 1. The molecule has 1 aliphatic heterocycles. The summed E-state index contributed by atoms with van der Waals surface area (Å²) in [6, 6.07) is 8.18. The van der Waals surface area contributed by atoms with E-state index in [1.165, 1.54) is 5.69 Å². The molecular formula is C24H30N8O. The van der Waals surface area contributed by atoms with Gasteiger partial charge in [0.1, 0.15) is 17.1 Å². The number of nitrogens with one attached hydrogen (secondary N) is 1. The SMILES string of the molecule is CCN(CC)c1ccc(/N=C2/C(C)=Nn3c2nc(-c2cc(C)n(C)n2)c3C(=O)NC)c(C)c1. The van der Waals surface area contributed by atoms with Gasteiger partial charge in [0.2, 0.25) is 0 Å². The fraction of sp³-hybridized carbons (Fsp3) is 0.375. The maximum atomic E-state index is 12.8. The summed E-state index contributed by atoms with van der Waals surface area (Å²) in [5.41, 5.74) is 6.89. The second-order valence-electron chi connectivity index (χ2n) is 8.11. The molecule has 9 heteroatoms. The molecule has 0 aliphatic carbocycles. The number of carbonyl (C=O) groups is 1. The molecule has 0 saturated carbocycles. The molecule has 3 aromatic rings. The first kappa shape index (κ1) is 22.4. The number of hydrogen-bond donors (Lipinski definition) is 1. The molecule has 1 aliphatic rings. The highest BCUT2D eigenvalue weighted by molar-refractivity contribution is 6.48. The molecule has 0 unspecified atom stereocenters. The molecule has 0 bridgehead atoms. The van der Waals surface area contributed by atoms with Crippen molar-refractivity contribution >= 4 is 28.7 Å². The van der Waals surface area contributed by atoms with E-state index in [1.54, 1.807) is 16.4 Å². The third kappa shape index (κ3) is 3.83. The minimum absolute atomic E-state index is 0.274. The number of amides is 1. The number of carbonyl (C=O) groups excluding carboxylic acids is 1. The lowest BCUT2D eigenvalue weighted by molar-refractivity contribution is 0.0955. The van der Waals surface area contributed by atoms with Gasteiger partial charge in [0.25, 0.3) is 5.91 Å². The van der Waals surface area contributed by atoms with Crippen molar-refractivity contribution in [3.63, 3.8) is 0 Å². The Bertz CT molecular complexity index is 1270. The highest BCUT2D eigenvalue weighted by Gasteiger charge is 2.32. The van der Waals surface area contributed by atoms with Crippen molar-refractivity contribution in [3.8, 4) is 11.4 Å². The van der Waals surface area contributed by atoms with Gasteiger partial charge in [0.05, 0.1) is 11.4 Å². The summed E-state index contributed by atoms with van der Waals surface area (Å²) in [7, 11) is 3.46. The van der Waals surface area contributed by atoms with Gasteiger partial charge in [-0.25, -0.2) is 14.7 Å². The van der Waals surface area contributed by atoms with Crippen LogP contribution in [-0.4, -0.2) is 56.9 Å². The van der Waals surface area contributed by atoms with Crippen LogP contribution < -0.4 is 10.2 Å². The van der Waals surface area contributed by atoms with Crippen LogP contribution in [0, 0.1) is 13.8 Å². The Kier molecular flexibility index (Phi) is 5.88. The molecule has 2 aromatic heterocycles. The second-order valence-corrected chi connectivity index (χ2v) is 8.11. The molecule has 0 radical (unpaired) electrons. The lowest BCUT2D eigenvalue weighted by Crippen LogP contribution is -2.21. The van der Waals surface area contributed by atoms with Crippen LogP contribution in [0.5, 0.6) is 0 Å². The average molecular weight is 447 g/mol. The van der Waals surface area contributed by atoms with E-state index < -0.39 is 0 Å². The molecule has 0 atom stereocenters. The van der Waals surface area contributed by atoms with Crippen LogP contribution in [0.3, 0.4) is 0 Å². The summed E-state index contributed by atoms with van der Waals surface area (Å²) >= 11 is 0. The Balaban J connectivity index is 1.83. The molecule has 0 spiro atoms. The standard InChI is InChI=1S/C24H30N8O/c1-8-31(9-2)17-10-11-18(14(3)12-17)26-20-16(5)28-32-22(24(33)25-6)21(27-23(20)32)19-13-15(4)30(7)29-19/h10-13H,8-9H2,1-7H3,(H,25,33)/b26-20-. The molecule has 0 saturated heterocycles. The van der Waals surface area contributed by atoms with E-state index in [4.69, 9.17) is 9.98 Å². The summed E-state index contributed by atoms with van der Waals surface area (Å²) in [5.74, 6) is 0.265. The highest BCUT2D eigenvalue weighted by Crippen LogP contribution is 2.30. The predicted molar refractivity (Wildman–Crippen MR) is 132 cm³/mol. The van der Waals surface area contributed by atoms with Crippen LogP contribution >= 0.6 is 0 Å². The van der Waals surface area contributed by atoms with Gasteiger partial charge in [0.15, 0.2) is 11.5 Å². The number of anilines is 1. The Hall–Kier alpha value is -3.75. The van der Waals surface area contributed by atoms with E-state index in [1.807, 2.05) is 33.0 Å². The Morgan fingerprint density at radius 3 is 2.45 bits per heavy atom. The van der Waals surface area contributed by atoms with Gasteiger partial charge in [-0.3, -0.25) is 9.48 Å². The predicted octanol–water partition coefficient (Wildman–Crippen LogP) is 3.46. The molecule has 1 amide bonds. The summed E-state index contributed by atoms with van der Waals surface area (Å²) in [6.45, 7) is 12.1. The minimum atomic E-state index is -0.274. The topological polar surface area (TPSA) is 92.7 Å². The maximum Gasteiger partial charge on any atom is 0.272 e. The van der Waals surface area contributed by atoms with Crippen molar-refractivity contribution in [2.75, 3.05) is 25.0 Å². The van der Waals surface area contributed by atoms with Crippen molar-refractivity contribution in [2.24, 2.45) is 17.1 Å². The van der Waals surface area contributed by atoms with Crippen LogP contribution in [0.15, 0.2) is 34.4 Å². The van der Waals surface area contributed by atoms with Crippen molar-refractivity contribution in [2.45, 2.75) is 34.6 Å². The molecule has 33 heavy (non-hydrogen) atoms. The first-order chi connectivity index (χ1) is 15.8. The molecule has 0 fully saturated rings. The first-order valence-corrected chi connectivity index (χ1v) is 11.1. The van der Waals surface area contributed by atoms with E-state index in [9.17, 15) is 4.79 Å². The third-order valence-electron chi connectivity index (χ3n) is 6.00. The summed E-state index contributed by atoms with van der Waals surface area (Å²) in [5, 5.41) is 11.8. The molecule has 4 rings (SSSR count). The number of aryl methyl sites for hydroxylation is 3. The van der Waals surface area contributed by atoms with Crippen LogP contribution in [-0.2, 0) is 7.05 Å². The monoisotopic (exact) mass is 446 g/mol. The van der Waals surface area contributed by atoms with E-state index >= 15 is 0 Å². The zero-order chi connectivity index (χ0) is 23.9. The molecule has 3 heterocycles. The normalized spacial score (nSPS) is 13.9. The van der Waals surface area contributed by atoms with E-state index in [0.717, 1.165) is 30.0 Å². The van der Waals surface area contributed by atoms with Gasteiger partial charge >= 0.3 is 0 Å². The number of benzene rings is 1. The number of aromatic nitrogens is 4. The third-order valence-corrected chi connectivity index (χ3v) is 6.00. The van der Waals surface area contributed by atoms with Gasteiger partial charge in [-0.05, 0) is 64.4 Å². The van der Waals surface area contributed by atoms with Crippen molar-refractivity contribution < 1.29 is 4.79 Å². The van der Waals surface area contributed by atoms with Gasteiger partial charge in [-0.1, -0.05) is 0 Å². The molecule has 172 valence electrons. The largest absolute Gasteiger partial charge is 0.372 e. The fourth-order valence-corrected chi connectivity index (χ4v) is 4.00. The van der Waals surface area contributed by atoms with Crippen LogP contribution in [0.2, 0.25) is 0 Å². The van der Waals surface area contributed by atoms with Crippen molar-refractivity contribution in [1.29, 1.82) is 0 Å². The minimum Gasteiger partial charge on any atom is -0.372 e. The van der Waals surface area contributed by atoms with E-state index in [-0.39, 0.29) is 5.91 Å². The summed E-state index contributed by atoms with van der Waals surface area (Å²) < 4.78 is 3.34. The first-order valence-electron chi connectivity index (χ1n) is 11.1. The zero-order valence-electron chi connectivity index (χ0n) is 20.3. The van der Waals surface area contributed by atoms with Crippen LogP contribution in [0.1, 0.15) is 48.3 Å². The molecule has 9 nitrogen and oxygen atoms in total. The number of nitrogens with zero attached hydrogens (tertiary/aromatic N) is 7. The molecule has 1 N–H and O–H groups in total. The van der Waals surface area contributed by atoms with Crippen LogP contribution in [0.25, 0.3) is 11.4 Å². The van der Waals surface area contributed by atoms with Crippen molar-refractivity contribution in [3.05, 3.63) is 47.0 Å². The van der Waals surface area contributed by atoms with Gasteiger partial charge in [-0.2, -0.15) is 10.2 Å². The Labute approximate surface area is 193 Å². The number of rotatable bonds is 6. The van der Waals surface area contributed by atoms with Crippen molar-refractivity contribution in [1.82, 2.24) is 24.8 Å². The fourth-order valence-electron chi connectivity index (χ4n) is 4.00. The zero-order valence-corrected chi connectivity index (χ0v) is 20.3. The summed E-state index contributed by atoms with van der Waals surface area (Å²) in [6.07, 6.45) is 0. The van der Waals surface area contributed by atoms with E-state index in [2.05, 4.69) is 53.3 Å². The van der Waals surface area contributed by atoms with Gasteiger partial charge in [-0.15, -0.1) is 0 Å².